The number of sulfonamides is 1. The summed E-state index contributed by atoms with van der Waals surface area (Å²) >= 11 is 3.31. The van der Waals surface area contributed by atoms with Gasteiger partial charge in [0.25, 0.3) is 0 Å². The fraction of sp³-hybridized carbons (Fsp3) is 0.538. The summed E-state index contributed by atoms with van der Waals surface area (Å²) in [6, 6.07) is 5.17. The molecule has 0 unspecified atom stereocenters. The van der Waals surface area contributed by atoms with Crippen molar-refractivity contribution in [3.63, 3.8) is 0 Å². The van der Waals surface area contributed by atoms with Gasteiger partial charge in [-0.25, -0.2) is 8.42 Å². The van der Waals surface area contributed by atoms with Crippen molar-refractivity contribution in [1.82, 2.24) is 4.31 Å². The molecule has 0 spiro atoms. The van der Waals surface area contributed by atoms with E-state index in [4.69, 9.17) is 10.5 Å². The number of nitrogens with zero attached hydrogens (tertiary/aromatic N) is 1. The van der Waals surface area contributed by atoms with E-state index in [1.54, 1.807) is 12.1 Å². The van der Waals surface area contributed by atoms with Crippen LogP contribution in [0.5, 0.6) is 0 Å². The third kappa shape index (κ3) is 3.23. The second kappa shape index (κ2) is 6.11. The summed E-state index contributed by atoms with van der Waals surface area (Å²) in [5.41, 5.74) is 6.38. The van der Waals surface area contributed by atoms with Crippen LogP contribution in [0.1, 0.15) is 19.4 Å². The number of benzene rings is 1. The van der Waals surface area contributed by atoms with Crippen LogP contribution in [0.2, 0.25) is 0 Å². The van der Waals surface area contributed by atoms with Crippen LogP contribution in [0.4, 0.5) is 0 Å². The van der Waals surface area contributed by atoms with E-state index in [1.165, 1.54) is 4.31 Å². The van der Waals surface area contributed by atoms with E-state index in [1.807, 2.05) is 19.9 Å². The summed E-state index contributed by atoms with van der Waals surface area (Å²) in [5.74, 6) is 0. The number of hydrogen-bond donors (Lipinski definition) is 1. The highest BCUT2D eigenvalue weighted by Crippen LogP contribution is 2.28. The Balaban J connectivity index is 2.39. The maximum absolute atomic E-state index is 12.8. The van der Waals surface area contributed by atoms with Gasteiger partial charge in [0.05, 0.1) is 17.1 Å². The Labute approximate surface area is 128 Å². The van der Waals surface area contributed by atoms with Gasteiger partial charge < -0.3 is 10.5 Å². The molecule has 5 nitrogen and oxygen atoms in total. The van der Waals surface area contributed by atoms with E-state index in [-0.39, 0.29) is 17.1 Å². The molecule has 1 heterocycles. The minimum Gasteiger partial charge on any atom is -0.373 e. The smallest absolute Gasteiger partial charge is 0.244 e. The molecule has 1 aliphatic heterocycles. The average Bonchev–Trinajstić information content (AvgIpc) is 2.38. The second-order valence-corrected chi connectivity index (χ2v) is 7.81. The maximum atomic E-state index is 12.8. The van der Waals surface area contributed by atoms with E-state index in [9.17, 15) is 8.42 Å². The van der Waals surface area contributed by atoms with Crippen molar-refractivity contribution in [3.8, 4) is 0 Å². The number of halogens is 1. The van der Waals surface area contributed by atoms with E-state index < -0.39 is 10.0 Å². The summed E-state index contributed by atoms with van der Waals surface area (Å²) in [6.07, 6.45) is -0.213. The fourth-order valence-corrected chi connectivity index (χ4v) is 4.90. The summed E-state index contributed by atoms with van der Waals surface area (Å²) in [6.45, 7) is 4.80. The molecule has 1 aromatic rings. The quantitative estimate of drug-likeness (QED) is 0.887. The lowest BCUT2D eigenvalue weighted by Crippen LogP contribution is -2.48. The lowest BCUT2D eigenvalue weighted by Gasteiger charge is -2.34. The molecule has 1 saturated heterocycles. The van der Waals surface area contributed by atoms with Crippen molar-refractivity contribution in [2.75, 3.05) is 13.1 Å². The SMILES string of the molecule is C[C@@H]1CN(S(=O)(=O)c2cc(CN)ccc2Br)C[C@H](C)O1. The van der Waals surface area contributed by atoms with Crippen LogP contribution in [0.15, 0.2) is 27.6 Å². The first-order valence-electron chi connectivity index (χ1n) is 6.48. The van der Waals surface area contributed by atoms with Gasteiger partial charge in [0.15, 0.2) is 0 Å². The molecule has 0 aliphatic carbocycles. The topological polar surface area (TPSA) is 72.6 Å². The molecule has 0 amide bonds. The van der Waals surface area contributed by atoms with Gasteiger partial charge in [-0.1, -0.05) is 6.07 Å². The molecule has 2 N–H and O–H groups in total. The Bertz CT molecular complexity index is 581. The minimum atomic E-state index is -3.54. The minimum absolute atomic E-state index is 0.106. The molecule has 112 valence electrons. The summed E-state index contributed by atoms with van der Waals surface area (Å²) in [5, 5.41) is 0. The van der Waals surface area contributed by atoms with Gasteiger partial charge in [-0.15, -0.1) is 0 Å². The molecule has 20 heavy (non-hydrogen) atoms. The highest BCUT2D eigenvalue weighted by Gasteiger charge is 2.33. The molecule has 1 fully saturated rings. The van der Waals surface area contributed by atoms with Gasteiger partial charge in [0, 0.05) is 24.1 Å². The molecular formula is C13H19BrN2O3S. The third-order valence-corrected chi connectivity index (χ3v) is 6.06. The average molecular weight is 363 g/mol. The number of hydrogen-bond acceptors (Lipinski definition) is 4. The molecule has 2 rings (SSSR count). The Morgan fingerprint density at radius 2 is 1.95 bits per heavy atom. The first-order chi connectivity index (χ1) is 9.34. The predicted octanol–water partition coefficient (Wildman–Crippen LogP) is 1.71. The van der Waals surface area contributed by atoms with Crippen LogP contribution in [-0.4, -0.2) is 38.0 Å². The number of morpholine rings is 1. The second-order valence-electron chi connectivity index (χ2n) is 5.05. The van der Waals surface area contributed by atoms with Gasteiger partial charge in [-0.2, -0.15) is 4.31 Å². The highest BCUT2D eigenvalue weighted by molar-refractivity contribution is 9.10. The summed E-state index contributed by atoms with van der Waals surface area (Å²) in [4.78, 5) is 0.266. The number of ether oxygens (including phenoxy) is 1. The normalized spacial score (nSPS) is 24.8. The number of rotatable bonds is 3. The molecule has 2 atom stereocenters. The molecule has 0 aromatic heterocycles. The Morgan fingerprint density at radius 3 is 2.50 bits per heavy atom. The Kier molecular flexibility index (Phi) is 4.86. The Morgan fingerprint density at radius 1 is 1.35 bits per heavy atom. The van der Waals surface area contributed by atoms with Gasteiger partial charge in [0.2, 0.25) is 10.0 Å². The monoisotopic (exact) mass is 362 g/mol. The van der Waals surface area contributed by atoms with Crippen molar-refractivity contribution in [2.24, 2.45) is 5.73 Å². The van der Waals surface area contributed by atoms with Crippen LogP contribution in [0.25, 0.3) is 0 Å². The van der Waals surface area contributed by atoms with Crippen LogP contribution in [0, 0.1) is 0 Å². The molecule has 0 radical (unpaired) electrons. The van der Waals surface area contributed by atoms with Crippen molar-refractivity contribution in [1.29, 1.82) is 0 Å². The third-order valence-electron chi connectivity index (χ3n) is 3.24. The largest absolute Gasteiger partial charge is 0.373 e. The highest BCUT2D eigenvalue weighted by atomic mass is 79.9. The molecule has 1 aliphatic rings. The molecule has 0 saturated carbocycles. The standard InChI is InChI=1S/C13H19BrN2O3S/c1-9-7-16(8-10(2)19-9)20(17,18)13-5-11(6-15)3-4-12(13)14/h3-5,9-10H,6-8,15H2,1-2H3/t9-,10+. The summed E-state index contributed by atoms with van der Waals surface area (Å²) < 4.78 is 33.2. The number of nitrogens with two attached hydrogens (primary N) is 1. The predicted molar refractivity (Wildman–Crippen MR) is 80.8 cm³/mol. The van der Waals surface area contributed by atoms with E-state index in [0.717, 1.165) is 5.56 Å². The first-order valence-corrected chi connectivity index (χ1v) is 8.72. The zero-order chi connectivity index (χ0) is 14.9. The molecule has 0 bridgehead atoms. The zero-order valence-corrected chi connectivity index (χ0v) is 13.9. The van der Waals surface area contributed by atoms with Crippen molar-refractivity contribution < 1.29 is 13.2 Å². The van der Waals surface area contributed by atoms with Gasteiger partial charge >= 0.3 is 0 Å². The van der Waals surface area contributed by atoms with Gasteiger partial charge in [0.1, 0.15) is 0 Å². The maximum Gasteiger partial charge on any atom is 0.244 e. The first kappa shape index (κ1) is 15.9. The van der Waals surface area contributed by atoms with E-state index >= 15 is 0 Å². The van der Waals surface area contributed by atoms with Crippen molar-refractivity contribution >= 4 is 26.0 Å². The zero-order valence-electron chi connectivity index (χ0n) is 11.5. The van der Waals surface area contributed by atoms with Crippen molar-refractivity contribution in [2.45, 2.75) is 37.5 Å². The van der Waals surface area contributed by atoms with E-state index in [0.29, 0.717) is 24.1 Å². The van der Waals surface area contributed by atoms with Crippen LogP contribution >= 0.6 is 15.9 Å². The summed E-state index contributed by atoms with van der Waals surface area (Å²) in [7, 11) is -3.54. The fourth-order valence-electron chi connectivity index (χ4n) is 2.34. The van der Waals surface area contributed by atoms with Gasteiger partial charge in [-0.3, -0.25) is 0 Å². The van der Waals surface area contributed by atoms with Crippen molar-refractivity contribution in [3.05, 3.63) is 28.2 Å². The van der Waals surface area contributed by atoms with E-state index in [2.05, 4.69) is 15.9 Å². The van der Waals surface area contributed by atoms with Crippen LogP contribution < -0.4 is 5.73 Å². The van der Waals surface area contributed by atoms with Crippen LogP contribution in [-0.2, 0) is 21.3 Å². The molecule has 7 heteroatoms. The molecular weight excluding hydrogens is 344 g/mol. The lowest BCUT2D eigenvalue weighted by molar-refractivity contribution is -0.0440. The van der Waals surface area contributed by atoms with Crippen LogP contribution in [0.3, 0.4) is 0 Å². The lowest BCUT2D eigenvalue weighted by atomic mass is 10.2. The van der Waals surface area contributed by atoms with Gasteiger partial charge in [-0.05, 0) is 47.5 Å². The Hall–Kier alpha value is -0.470. The molecule has 1 aromatic carbocycles.